The standard InChI is InChI=1S/C20H19N9/c21-11-28-18(13-6-2-1-3-7-13)17(23-26-28)20-25-24-19-14-8-4-5-9-15(14)27-12-22-10-16(27)29(19)20/h1-3,6-7,10,12,14-15,19,24H,4-5,8-9H2. The van der Waals surface area contributed by atoms with Crippen molar-refractivity contribution in [2.45, 2.75) is 37.9 Å². The maximum Gasteiger partial charge on any atom is 0.208 e. The number of hydrogen-bond acceptors (Lipinski definition) is 7. The molecule has 0 spiro atoms. The van der Waals surface area contributed by atoms with E-state index < -0.39 is 0 Å². The maximum atomic E-state index is 9.57. The third kappa shape index (κ3) is 2.26. The van der Waals surface area contributed by atoms with Gasteiger partial charge in [0.25, 0.3) is 0 Å². The van der Waals surface area contributed by atoms with Crippen LogP contribution in [0.25, 0.3) is 11.3 Å². The number of nitriles is 1. The summed E-state index contributed by atoms with van der Waals surface area (Å²) in [4.78, 5) is 6.61. The van der Waals surface area contributed by atoms with Gasteiger partial charge in [-0.05, 0) is 12.8 Å². The quantitative estimate of drug-likeness (QED) is 0.727. The van der Waals surface area contributed by atoms with Gasteiger partial charge in [-0.2, -0.15) is 10.4 Å². The summed E-state index contributed by atoms with van der Waals surface area (Å²) in [6.45, 7) is 0. The van der Waals surface area contributed by atoms with Crippen LogP contribution in [0.15, 0.2) is 48.0 Å². The van der Waals surface area contributed by atoms with Crippen molar-refractivity contribution < 1.29 is 0 Å². The number of hydrogen-bond donors (Lipinski definition) is 1. The summed E-state index contributed by atoms with van der Waals surface area (Å²) in [5.74, 6) is 2.13. The second-order valence-corrected chi connectivity index (χ2v) is 7.72. The van der Waals surface area contributed by atoms with Crippen molar-refractivity contribution in [2.24, 2.45) is 11.0 Å². The summed E-state index contributed by atoms with van der Waals surface area (Å²) in [6.07, 6.45) is 10.8. The molecule has 0 saturated heterocycles. The molecule has 0 amide bonds. The number of aromatic nitrogens is 5. The average molecular weight is 385 g/mol. The van der Waals surface area contributed by atoms with Gasteiger partial charge in [-0.3, -0.25) is 10.3 Å². The first-order chi connectivity index (χ1) is 14.4. The molecule has 29 heavy (non-hydrogen) atoms. The van der Waals surface area contributed by atoms with Crippen molar-refractivity contribution in [2.75, 3.05) is 4.90 Å². The lowest BCUT2D eigenvalue weighted by Crippen LogP contribution is -2.53. The van der Waals surface area contributed by atoms with Crippen LogP contribution >= 0.6 is 0 Å². The van der Waals surface area contributed by atoms with Crippen molar-refractivity contribution in [3.63, 3.8) is 0 Å². The van der Waals surface area contributed by atoms with Gasteiger partial charge in [0, 0.05) is 17.5 Å². The van der Waals surface area contributed by atoms with Crippen LogP contribution in [-0.2, 0) is 0 Å². The van der Waals surface area contributed by atoms with Crippen LogP contribution < -0.4 is 10.3 Å². The lowest BCUT2D eigenvalue weighted by Gasteiger charge is -2.45. The molecule has 1 N–H and O–H groups in total. The van der Waals surface area contributed by atoms with E-state index in [-0.39, 0.29) is 6.17 Å². The number of fused-ring (bicyclic) bond motifs is 6. The Morgan fingerprint density at radius 3 is 2.86 bits per heavy atom. The zero-order valence-electron chi connectivity index (χ0n) is 15.7. The van der Waals surface area contributed by atoms with Crippen LogP contribution in [0.2, 0.25) is 0 Å². The molecule has 1 fully saturated rings. The fourth-order valence-corrected chi connectivity index (χ4v) is 5.03. The van der Waals surface area contributed by atoms with Gasteiger partial charge in [0.1, 0.15) is 17.7 Å². The number of rotatable bonds is 2. The van der Waals surface area contributed by atoms with Crippen molar-refractivity contribution in [3.8, 4) is 17.5 Å². The maximum absolute atomic E-state index is 9.57. The Hall–Kier alpha value is -3.67. The fourth-order valence-electron chi connectivity index (χ4n) is 5.03. The molecule has 6 rings (SSSR count). The second-order valence-electron chi connectivity index (χ2n) is 7.72. The average Bonchev–Trinajstić information content (AvgIpc) is 3.51. The number of nitrogens with zero attached hydrogens (tertiary/aromatic N) is 8. The lowest BCUT2D eigenvalue weighted by molar-refractivity contribution is 0.176. The van der Waals surface area contributed by atoms with Crippen molar-refractivity contribution in [1.29, 1.82) is 5.26 Å². The molecule has 1 saturated carbocycles. The van der Waals surface area contributed by atoms with E-state index in [2.05, 4.69) is 41.5 Å². The molecule has 9 nitrogen and oxygen atoms in total. The van der Waals surface area contributed by atoms with Crippen LogP contribution in [0.1, 0.15) is 37.4 Å². The summed E-state index contributed by atoms with van der Waals surface area (Å²) in [5, 5.41) is 22.7. The summed E-state index contributed by atoms with van der Waals surface area (Å²) in [6, 6.07) is 10.2. The molecule has 2 aromatic heterocycles. The molecule has 9 heteroatoms. The number of hydrazone groups is 1. The molecule has 144 valence electrons. The lowest BCUT2D eigenvalue weighted by atomic mass is 9.80. The second kappa shape index (κ2) is 6.17. The third-order valence-corrected chi connectivity index (χ3v) is 6.27. The first-order valence-corrected chi connectivity index (χ1v) is 9.92. The Labute approximate surface area is 167 Å². The molecule has 1 aliphatic carbocycles. The summed E-state index contributed by atoms with van der Waals surface area (Å²) in [5.41, 5.74) is 5.47. The number of nitrogens with one attached hydrogen (secondary N) is 1. The molecule has 2 aliphatic heterocycles. The van der Waals surface area contributed by atoms with Gasteiger partial charge in [0.15, 0.2) is 11.5 Å². The van der Waals surface area contributed by atoms with Crippen molar-refractivity contribution >= 4 is 11.7 Å². The molecular weight excluding hydrogens is 366 g/mol. The van der Waals surface area contributed by atoms with Crippen LogP contribution in [0.4, 0.5) is 5.82 Å². The highest BCUT2D eigenvalue weighted by atomic mass is 15.6. The van der Waals surface area contributed by atoms with E-state index in [9.17, 15) is 5.26 Å². The SMILES string of the molecule is N#Cn1nnc(C2=NNC3C4CCCCC4n4cncc4N23)c1-c1ccccc1. The molecular formula is C20H19N9. The number of anilines is 1. The van der Waals surface area contributed by atoms with E-state index in [1.165, 1.54) is 17.5 Å². The predicted octanol–water partition coefficient (Wildman–Crippen LogP) is 2.31. The van der Waals surface area contributed by atoms with E-state index in [1.807, 2.05) is 42.9 Å². The van der Waals surface area contributed by atoms with Gasteiger partial charge in [-0.1, -0.05) is 48.4 Å². The van der Waals surface area contributed by atoms with E-state index in [1.54, 1.807) is 0 Å². The summed E-state index contributed by atoms with van der Waals surface area (Å²) >= 11 is 0. The third-order valence-electron chi connectivity index (χ3n) is 6.27. The molecule has 1 aromatic carbocycles. The highest BCUT2D eigenvalue weighted by Gasteiger charge is 2.47. The molecule has 4 heterocycles. The van der Waals surface area contributed by atoms with Gasteiger partial charge < -0.3 is 4.57 Å². The van der Waals surface area contributed by atoms with Crippen LogP contribution in [0, 0.1) is 17.4 Å². The molecule has 0 bridgehead atoms. The minimum atomic E-state index is 0.0651. The van der Waals surface area contributed by atoms with Crippen LogP contribution in [0.5, 0.6) is 0 Å². The van der Waals surface area contributed by atoms with Crippen molar-refractivity contribution in [3.05, 3.63) is 48.5 Å². The zero-order chi connectivity index (χ0) is 19.4. The van der Waals surface area contributed by atoms with Gasteiger partial charge in [-0.15, -0.1) is 9.78 Å². The zero-order valence-corrected chi connectivity index (χ0v) is 15.7. The number of benzene rings is 1. The normalized spacial score (nSPS) is 24.7. The Kier molecular flexibility index (Phi) is 3.47. The summed E-state index contributed by atoms with van der Waals surface area (Å²) < 4.78 is 3.53. The Bertz CT molecular complexity index is 1140. The van der Waals surface area contributed by atoms with Crippen molar-refractivity contribution in [1.82, 2.24) is 30.0 Å². The predicted molar refractivity (Wildman–Crippen MR) is 106 cm³/mol. The smallest absolute Gasteiger partial charge is 0.208 e. The van der Waals surface area contributed by atoms with E-state index >= 15 is 0 Å². The van der Waals surface area contributed by atoms with E-state index in [4.69, 9.17) is 0 Å². The number of amidine groups is 1. The molecule has 0 radical (unpaired) electrons. The molecule has 3 atom stereocenters. The monoisotopic (exact) mass is 385 g/mol. The van der Waals surface area contributed by atoms with Crippen LogP contribution in [-0.4, -0.2) is 36.5 Å². The van der Waals surface area contributed by atoms with Gasteiger partial charge in [0.05, 0.1) is 12.5 Å². The van der Waals surface area contributed by atoms with Crippen LogP contribution in [0.3, 0.4) is 0 Å². The first kappa shape index (κ1) is 16.3. The Balaban J connectivity index is 1.49. The van der Waals surface area contributed by atoms with E-state index in [0.29, 0.717) is 29.2 Å². The largest absolute Gasteiger partial charge is 0.314 e. The highest BCUT2D eigenvalue weighted by molar-refractivity contribution is 6.12. The van der Waals surface area contributed by atoms with Gasteiger partial charge >= 0.3 is 0 Å². The topological polar surface area (TPSA) is 99.9 Å². The van der Waals surface area contributed by atoms with Gasteiger partial charge in [0.2, 0.25) is 6.19 Å². The van der Waals surface area contributed by atoms with E-state index in [0.717, 1.165) is 24.2 Å². The fraction of sp³-hybridized carbons (Fsp3) is 0.350. The Morgan fingerprint density at radius 1 is 1.14 bits per heavy atom. The molecule has 3 aromatic rings. The van der Waals surface area contributed by atoms with Gasteiger partial charge in [-0.25, -0.2) is 4.98 Å². The number of imidazole rings is 1. The summed E-state index contributed by atoms with van der Waals surface area (Å²) in [7, 11) is 0. The highest BCUT2D eigenvalue weighted by Crippen LogP contribution is 2.45. The first-order valence-electron chi connectivity index (χ1n) is 9.92. The molecule has 3 aliphatic rings. The minimum Gasteiger partial charge on any atom is -0.314 e. The molecule has 3 unspecified atom stereocenters. The minimum absolute atomic E-state index is 0.0651. The Morgan fingerprint density at radius 2 is 2.00 bits per heavy atom.